The van der Waals surface area contributed by atoms with Gasteiger partial charge in [-0.25, -0.2) is 0 Å². The topological polar surface area (TPSA) is 50.7 Å². The lowest BCUT2D eigenvalue weighted by molar-refractivity contribution is -0.131. The summed E-state index contributed by atoms with van der Waals surface area (Å²) in [5.41, 5.74) is 2.72. The fourth-order valence-corrected chi connectivity index (χ4v) is 2.48. The summed E-state index contributed by atoms with van der Waals surface area (Å²) >= 11 is 5.92. The van der Waals surface area contributed by atoms with Crippen molar-refractivity contribution in [3.05, 3.63) is 70.7 Å². The fraction of sp³-hybridized carbons (Fsp3) is 0.176. The standard InChI is InChI=1S/C17H15ClN2O2/c18-14-8-4-5-12(9-14)11-19-17(21)16-10-15(20-22-16)13-6-2-1-3-7-13/h1-9,16H,10-11H2,(H,19,21). The number of hydrogen-bond acceptors (Lipinski definition) is 3. The van der Waals surface area contributed by atoms with Gasteiger partial charge in [0, 0.05) is 18.0 Å². The Morgan fingerprint density at radius 1 is 1.23 bits per heavy atom. The third-order valence-corrected chi connectivity index (χ3v) is 3.66. The predicted molar refractivity (Wildman–Crippen MR) is 85.8 cm³/mol. The molecule has 0 fully saturated rings. The van der Waals surface area contributed by atoms with Crippen molar-refractivity contribution in [2.45, 2.75) is 19.1 Å². The van der Waals surface area contributed by atoms with Gasteiger partial charge in [0.05, 0.1) is 5.71 Å². The number of carbonyl (C=O) groups excluding carboxylic acids is 1. The normalized spacial score (nSPS) is 16.8. The van der Waals surface area contributed by atoms with Crippen molar-refractivity contribution in [1.29, 1.82) is 0 Å². The molecule has 0 spiro atoms. The van der Waals surface area contributed by atoms with Gasteiger partial charge in [-0.05, 0) is 23.3 Å². The number of carbonyl (C=O) groups is 1. The van der Waals surface area contributed by atoms with E-state index in [1.54, 1.807) is 6.07 Å². The second kappa shape index (κ2) is 6.62. The first-order chi connectivity index (χ1) is 10.7. The minimum absolute atomic E-state index is 0.172. The molecule has 5 heteroatoms. The Morgan fingerprint density at radius 2 is 2.05 bits per heavy atom. The van der Waals surface area contributed by atoms with Gasteiger partial charge in [-0.1, -0.05) is 59.2 Å². The number of amides is 1. The summed E-state index contributed by atoms with van der Waals surface area (Å²) in [5, 5.41) is 7.51. The van der Waals surface area contributed by atoms with E-state index in [2.05, 4.69) is 10.5 Å². The number of nitrogens with zero attached hydrogens (tertiary/aromatic N) is 1. The molecule has 1 amide bonds. The molecule has 1 heterocycles. The lowest BCUT2D eigenvalue weighted by Crippen LogP contribution is -2.34. The Balaban J connectivity index is 1.55. The average Bonchev–Trinajstić information content (AvgIpc) is 3.04. The van der Waals surface area contributed by atoms with Crippen molar-refractivity contribution >= 4 is 23.2 Å². The summed E-state index contributed by atoms with van der Waals surface area (Å²) in [5.74, 6) is -0.172. The van der Waals surface area contributed by atoms with Crippen molar-refractivity contribution in [2.75, 3.05) is 0 Å². The van der Waals surface area contributed by atoms with Gasteiger partial charge in [0.25, 0.3) is 5.91 Å². The number of benzene rings is 2. The maximum absolute atomic E-state index is 12.1. The molecular formula is C17H15ClN2O2. The van der Waals surface area contributed by atoms with Crippen LogP contribution in [0.25, 0.3) is 0 Å². The van der Waals surface area contributed by atoms with Gasteiger partial charge >= 0.3 is 0 Å². The molecule has 112 valence electrons. The van der Waals surface area contributed by atoms with Crippen LogP contribution in [-0.2, 0) is 16.2 Å². The molecule has 1 N–H and O–H groups in total. The minimum Gasteiger partial charge on any atom is -0.382 e. The number of oxime groups is 1. The first kappa shape index (κ1) is 14.6. The Bertz CT molecular complexity index is 701. The Labute approximate surface area is 133 Å². The van der Waals surface area contributed by atoms with Crippen molar-refractivity contribution in [3.63, 3.8) is 0 Å². The molecule has 0 bridgehead atoms. The summed E-state index contributed by atoms with van der Waals surface area (Å²) in [6, 6.07) is 17.1. The lowest BCUT2D eigenvalue weighted by atomic mass is 10.0. The highest BCUT2D eigenvalue weighted by molar-refractivity contribution is 6.30. The second-order valence-electron chi connectivity index (χ2n) is 5.05. The van der Waals surface area contributed by atoms with E-state index < -0.39 is 6.10 Å². The number of halogens is 1. The molecule has 0 saturated heterocycles. The van der Waals surface area contributed by atoms with Crippen LogP contribution in [-0.4, -0.2) is 17.7 Å². The van der Waals surface area contributed by atoms with Gasteiger partial charge in [-0.15, -0.1) is 0 Å². The predicted octanol–water partition coefficient (Wildman–Crippen LogP) is 3.15. The van der Waals surface area contributed by atoms with E-state index in [-0.39, 0.29) is 5.91 Å². The highest BCUT2D eigenvalue weighted by Crippen LogP contribution is 2.17. The molecule has 1 aliphatic heterocycles. The van der Waals surface area contributed by atoms with Crippen LogP contribution in [0.15, 0.2) is 59.8 Å². The summed E-state index contributed by atoms with van der Waals surface area (Å²) in [7, 11) is 0. The van der Waals surface area contributed by atoms with Gasteiger partial charge in [-0.3, -0.25) is 4.79 Å². The smallest absolute Gasteiger partial charge is 0.264 e. The van der Waals surface area contributed by atoms with Crippen molar-refractivity contribution in [3.8, 4) is 0 Å². The lowest BCUT2D eigenvalue weighted by Gasteiger charge is -2.09. The van der Waals surface area contributed by atoms with Crippen LogP contribution in [0.4, 0.5) is 0 Å². The summed E-state index contributed by atoms with van der Waals surface area (Å²) < 4.78 is 0. The molecule has 2 aromatic rings. The first-order valence-corrected chi connectivity index (χ1v) is 7.40. The van der Waals surface area contributed by atoms with Crippen molar-refractivity contribution < 1.29 is 9.63 Å². The van der Waals surface area contributed by atoms with Crippen LogP contribution in [0.2, 0.25) is 5.02 Å². The molecule has 2 aromatic carbocycles. The van der Waals surface area contributed by atoms with Crippen LogP contribution in [0.5, 0.6) is 0 Å². The van der Waals surface area contributed by atoms with Gasteiger partial charge < -0.3 is 10.2 Å². The van der Waals surface area contributed by atoms with E-state index in [0.717, 1.165) is 16.8 Å². The molecule has 0 saturated carbocycles. The third kappa shape index (κ3) is 3.46. The highest BCUT2D eigenvalue weighted by Gasteiger charge is 2.28. The monoisotopic (exact) mass is 314 g/mol. The van der Waals surface area contributed by atoms with Gasteiger partial charge in [0.1, 0.15) is 0 Å². The summed E-state index contributed by atoms with van der Waals surface area (Å²) in [6.07, 6.45) is -0.0971. The van der Waals surface area contributed by atoms with Crippen LogP contribution < -0.4 is 5.32 Å². The van der Waals surface area contributed by atoms with E-state index in [1.165, 1.54) is 0 Å². The van der Waals surface area contributed by atoms with Crippen LogP contribution in [0, 0.1) is 0 Å². The molecular weight excluding hydrogens is 300 g/mol. The molecule has 0 aliphatic carbocycles. The summed E-state index contributed by atoms with van der Waals surface area (Å²) in [4.78, 5) is 17.4. The highest BCUT2D eigenvalue weighted by atomic mass is 35.5. The first-order valence-electron chi connectivity index (χ1n) is 7.02. The van der Waals surface area contributed by atoms with Crippen LogP contribution in [0.1, 0.15) is 17.5 Å². The largest absolute Gasteiger partial charge is 0.382 e. The van der Waals surface area contributed by atoms with Crippen LogP contribution in [0.3, 0.4) is 0 Å². The van der Waals surface area contributed by atoms with E-state index in [9.17, 15) is 4.79 Å². The van der Waals surface area contributed by atoms with Gasteiger partial charge in [0.2, 0.25) is 6.10 Å². The van der Waals surface area contributed by atoms with Crippen molar-refractivity contribution in [2.24, 2.45) is 5.16 Å². The fourth-order valence-electron chi connectivity index (χ4n) is 2.27. The number of hydrogen-bond donors (Lipinski definition) is 1. The van der Waals surface area contributed by atoms with E-state index in [4.69, 9.17) is 16.4 Å². The molecule has 3 rings (SSSR count). The SMILES string of the molecule is O=C(NCc1cccc(Cl)c1)C1CC(c2ccccc2)=NO1. The van der Waals surface area contributed by atoms with Gasteiger partial charge in [0.15, 0.2) is 0 Å². The van der Waals surface area contributed by atoms with E-state index >= 15 is 0 Å². The molecule has 0 radical (unpaired) electrons. The number of nitrogens with one attached hydrogen (secondary N) is 1. The van der Waals surface area contributed by atoms with E-state index in [1.807, 2.05) is 48.5 Å². The Kier molecular flexibility index (Phi) is 4.39. The third-order valence-electron chi connectivity index (χ3n) is 3.42. The zero-order valence-electron chi connectivity index (χ0n) is 11.8. The number of rotatable bonds is 4. The van der Waals surface area contributed by atoms with Crippen molar-refractivity contribution in [1.82, 2.24) is 5.32 Å². The van der Waals surface area contributed by atoms with E-state index in [0.29, 0.717) is 18.0 Å². The Hall–Kier alpha value is -2.33. The molecule has 0 aromatic heterocycles. The van der Waals surface area contributed by atoms with Gasteiger partial charge in [-0.2, -0.15) is 0 Å². The maximum Gasteiger partial charge on any atom is 0.264 e. The quantitative estimate of drug-likeness (QED) is 0.942. The Morgan fingerprint density at radius 3 is 2.82 bits per heavy atom. The second-order valence-corrected chi connectivity index (χ2v) is 5.49. The molecule has 1 unspecified atom stereocenters. The van der Waals surface area contributed by atoms with Crippen LogP contribution >= 0.6 is 11.6 Å². The average molecular weight is 315 g/mol. The zero-order chi connectivity index (χ0) is 15.4. The molecule has 1 aliphatic rings. The molecule has 1 atom stereocenters. The maximum atomic E-state index is 12.1. The minimum atomic E-state index is -0.575. The molecule has 4 nitrogen and oxygen atoms in total. The zero-order valence-corrected chi connectivity index (χ0v) is 12.6. The summed E-state index contributed by atoms with van der Waals surface area (Å²) in [6.45, 7) is 0.417. The molecule has 22 heavy (non-hydrogen) atoms.